The van der Waals surface area contributed by atoms with Gasteiger partial charge in [-0.25, -0.2) is 13.2 Å². The number of morpholine rings is 1. The van der Waals surface area contributed by atoms with E-state index in [2.05, 4.69) is 4.72 Å². The van der Waals surface area contributed by atoms with Gasteiger partial charge in [-0.1, -0.05) is 19.1 Å². The molecule has 0 aromatic heterocycles. The zero-order valence-electron chi connectivity index (χ0n) is 15.0. The molecule has 1 saturated heterocycles. The van der Waals surface area contributed by atoms with Crippen LogP contribution >= 0.6 is 0 Å². The Morgan fingerprint density at radius 1 is 1.15 bits per heavy atom. The van der Waals surface area contributed by atoms with Crippen LogP contribution in [0, 0.1) is 0 Å². The summed E-state index contributed by atoms with van der Waals surface area (Å²) in [5, 5.41) is 9.55. The van der Waals surface area contributed by atoms with Gasteiger partial charge in [0.2, 0.25) is 0 Å². The summed E-state index contributed by atoms with van der Waals surface area (Å²) in [4.78, 5) is 13.8. The molecule has 1 aliphatic rings. The van der Waals surface area contributed by atoms with Crippen molar-refractivity contribution in [3.05, 3.63) is 53.6 Å². The van der Waals surface area contributed by atoms with E-state index in [9.17, 15) is 18.3 Å². The van der Waals surface area contributed by atoms with E-state index >= 15 is 0 Å². The lowest BCUT2D eigenvalue weighted by Gasteiger charge is -2.29. The van der Waals surface area contributed by atoms with Crippen LogP contribution in [0.2, 0.25) is 0 Å². The number of hydrogen-bond donors (Lipinski definition) is 2. The van der Waals surface area contributed by atoms with Crippen molar-refractivity contribution in [2.24, 2.45) is 0 Å². The fraction of sp³-hybridized carbons (Fsp3) is 0.316. The molecule has 1 aliphatic heterocycles. The van der Waals surface area contributed by atoms with E-state index < -0.39 is 16.0 Å². The van der Waals surface area contributed by atoms with Crippen molar-refractivity contribution in [3.63, 3.8) is 0 Å². The first-order chi connectivity index (χ1) is 12.9. The molecule has 0 spiro atoms. The Labute approximate surface area is 158 Å². The van der Waals surface area contributed by atoms with Gasteiger partial charge in [0, 0.05) is 18.8 Å². The quantitative estimate of drug-likeness (QED) is 0.787. The predicted octanol–water partition coefficient (Wildman–Crippen LogP) is 2.58. The number of sulfonamides is 1. The minimum Gasteiger partial charge on any atom is -0.478 e. The van der Waals surface area contributed by atoms with E-state index in [1.54, 1.807) is 18.2 Å². The van der Waals surface area contributed by atoms with E-state index in [1.165, 1.54) is 24.3 Å². The lowest BCUT2D eigenvalue weighted by Crippen LogP contribution is -2.36. The van der Waals surface area contributed by atoms with Crippen LogP contribution in [0.3, 0.4) is 0 Å². The van der Waals surface area contributed by atoms with E-state index in [0.717, 1.165) is 17.7 Å². The molecule has 0 aliphatic carbocycles. The van der Waals surface area contributed by atoms with E-state index in [1.807, 2.05) is 11.8 Å². The number of rotatable bonds is 6. The molecule has 3 rings (SSSR count). The Morgan fingerprint density at radius 3 is 2.41 bits per heavy atom. The van der Waals surface area contributed by atoms with Gasteiger partial charge in [-0.2, -0.15) is 0 Å². The molecule has 0 atom stereocenters. The van der Waals surface area contributed by atoms with Crippen molar-refractivity contribution in [2.75, 3.05) is 35.9 Å². The molecule has 0 bridgehead atoms. The second-order valence-electron chi connectivity index (χ2n) is 6.24. The normalized spacial score (nSPS) is 14.8. The van der Waals surface area contributed by atoms with Crippen molar-refractivity contribution in [3.8, 4) is 0 Å². The number of aromatic carboxylic acids is 1. The largest absolute Gasteiger partial charge is 0.478 e. The lowest BCUT2D eigenvalue weighted by molar-refractivity contribution is 0.0698. The number of nitrogens with zero attached hydrogens (tertiary/aromatic N) is 1. The summed E-state index contributed by atoms with van der Waals surface area (Å²) in [6, 6.07) is 11.2. The third-order valence-corrected chi connectivity index (χ3v) is 5.88. The van der Waals surface area contributed by atoms with Crippen molar-refractivity contribution >= 4 is 27.4 Å². The zero-order chi connectivity index (χ0) is 19.4. The summed E-state index contributed by atoms with van der Waals surface area (Å²) < 4.78 is 33.0. The summed E-state index contributed by atoms with van der Waals surface area (Å²) in [5.41, 5.74) is 1.70. The molecule has 144 valence electrons. The Morgan fingerprint density at radius 2 is 1.81 bits per heavy atom. The number of nitrogens with one attached hydrogen (secondary N) is 1. The molecule has 2 N–H and O–H groups in total. The van der Waals surface area contributed by atoms with Crippen LogP contribution in [0.5, 0.6) is 0 Å². The van der Waals surface area contributed by atoms with Gasteiger partial charge in [-0.15, -0.1) is 0 Å². The lowest BCUT2D eigenvalue weighted by atomic mass is 10.1. The average molecular weight is 390 g/mol. The average Bonchev–Trinajstić information content (AvgIpc) is 2.68. The van der Waals surface area contributed by atoms with Crippen LogP contribution in [0.4, 0.5) is 11.4 Å². The number of benzene rings is 2. The molecule has 1 fully saturated rings. The molecule has 1 heterocycles. The van der Waals surface area contributed by atoms with Crippen molar-refractivity contribution < 1.29 is 23.1 Å². The van der Waals surface area contributed by atoms with E-state index in [0.29, 0.717) is 26.3 Å². The van der Waals surface area contributed by atoms with Gasteiger partial charge in [0.05, 0.1) is 29.4 Å². The van der Waals surface area contributed by atoms with Gasteiger partial charge in [0.15, 0.2) is 0 Å². The molecule has 0 radical (unpaired) electrons. The van der Waals surface area contributed by atoms with Crippen LogP contribution in [0.1, 0.15) is 22.8 Å². The van der Waals surface area contributed by atoms with Crippen LogP contribution in [0.25, 0.3) is 0 Å². The summed E-state index contributed by atoms with van der Waals surface area (Å²) in [5.74, 6) is -1.19. The molecule has 27 heavy (non-hydrogen) atoms. The fourth-order valence-electron chi connectivity index (χ4n) is 2.92. The summed E-state index contributed by atoms with van der Waals surface area (Å²) in [6.07, 6.45) is 0.805. The monoisotopic (exact) mass is 390 g/mol. The Hall–Kier alpha value is -2.58. The highest BCUT2D eigenvalue weighted by atomic mass is 32.2. The Bertz CT molecular complexity index is 920. The second kappa shape index (κ2) is 7.98. The number of carboxylic acid groups (broad SMARTS) is 1. The highest BCUT2D eigenvalue weighted by molar-refractivity contribution is 7.92. The number of anilines is 2. The standard InChI is InChI=1S/C19H22N2O5S/c1-2-14-3-6-16(7-4-14)27(24,25)20-18-8-5-15(13-17(18)19(22)23)21-9-11-26-12-10-21/h3-8,13,20H,2,9-12H2,1H3,(H,22,23). The van der Waals surface area contributed by atoms with Crippen molar-refractivity contribution in [1.82, 2.24) is 0 Å². The maximum atomic E-state index is 12.6. The minimum atomic E-state index is -3.88. The minimum absolute atomic E-state index is 0.0408. The first-order valence-electron chi connectivity index (χ1n) is 8.72. The summed E-state index contributed by atoms with van der Waals surface area (Å²) in [7, 11) is -3.88. The maximum absolute atomic E-state index is 12.6. The smallest absolute Gasteiger partial charge is 0.337 e. The van der Waals surface area contributed by atoms with Crippen LogP contribution in [-0.2, 0) is 21.2 Å². The Kier molecular flexibility index (Phi) is 5.67. The molecule has 0 unspecified atom stereocenters. The number of ether oxygens (including phenoxy) is 1. The number of carbonyl (C=O) groups is 1. The Balaban J connectivity index is 1.89. The maximum Gasteiger partial charge on any atom is 0.337 e. The highest BCUT2D eigenvalue weighted by Gasteiger charge is 2.21. The molecule has 0 saturated carbocycles. The predicted molar refractivity (Wildman–Crippen MR) is 103 cm³/mol. The number of carboxylic acids is 1. The summed E-state index contributed by atoms with van der Waals surface area (Å²) >= 11 is 0. The third kappa shape index (κ3) is 4.40. The van der Waals surface area contributed by atoms with Gasteiger partial charge in [-0.3, -0.25) is 4.72 Å². The van der Waals surface area contributed by atoms with Gasteiger partial charge >= 0.3 is 5.97 Å². The van der Waals surface area contributed by atoms with Crippen LogP contribution in [0.15, 0.2) is 47.4 Å². The van der Waals surface area contributed by atoms with Crippen molar-refractivity contribution in [2.45, 2.75) is 18.2 Å². The van der Waals surface area contributed by atoms with Gasteiger partial charge in [0.25, 0.3) is 10.0 Å². The topological polar surface area (TPSA) is 95.9 Å². The molecular formula is C19H22N2O5S. The molecule has 8 heteroatoms. The molecule has 2 aromatic rings. The third-order valence-electron chi connectivity index (χ3n) is 4.50. The molecule has 2 aromatic carbocycles. The van der Waals surface area contributed by atoms with E-state index in [4.69, 9.17) is 4.74 Å². The first kappa shape index (κ1) is 19.2. The molecular weight excluding hydrogens is 368 g/mol. The molecule has 7 nitrogen and oxygen atoms in total. The SMILES string of the molecule is CCc1ccc(S(=O)(=O)Nc2ccc(N3CCOCC3)cc2C(=O)O)cc1. The van der Waals surface area contributed by atoms with Crippen LogP contribution in [-0.4, -0.2) is 45.8 Å². The van der Waals surface area contributed by atoms with Gasteiger partial charge in [0.1, 0.15) is 0 Å². The zero-order valence-corrected chi connectivity index (χ0v) is 15.8. The van der Waals surface area contributed by atoms with Crippen molar-refractivity contribution in [1.29, 1.82) is 0 Å². The second-order valence-corrected chi connectivity index (χ2v) is 7.92. The first-order valence-corrected chi connectivity index (χ1v) is 10.2. The summed E-state index contributed by atoms with van der Waals surface area (Å²) in [6.45, 7) is 4.45. The van der Waals surface area contributed by atoms with E-state index in [-0.39, 0.29) is 16.1 Å². The van der Waals surface area contributed by atoms with Crippen LogP contribution < -0.4 is 9.62 Å². The fourth-order valence-corrected chi connectivity index (χ4v) is 4.00. The number of hydrogen-bond acceptors (Lipinski definition) is 5. The van der Waals surface area contributed by atoms with Gasteiger partial charge < -0.3 is 14.7 Å². The van der Waals surface area contributed by atoms with Gasteiger partial charge in [-0.05, 0) is 42.3 Å². The molecule has 0 amide bonds. The highest BCUT2D eigenvalue weighted by Crippen LogP contribution is 2.26. The number of aryl methyl sites for hydroxylation is 1.